The second-order valence-electron chi connectivity index (χ2n) is 6.42. The molecule has 162 valence electrons. The Morgan fingerprint density at radius 3 is 2.70 bits per heavy atom. The van der Waals surface area contributed by atoms with Gasteiger partial charge in [-0.05, 0) is 17.7 Å². The highest BCUT2D eigenvalue weighted by Gasteiger charge is 2.30. The first kappa shape index (κ1) is 22.8. The molecule has 1 aromatic carbocycles. The second kappa shape index (κ2) is 10.4. The van der Waals surface area contributed by atoms with Crippen LogP contribution in [0.2, 0.25) is 5.15 Å². The molecular formula is C18H21ClN4O5S2. The summed E-state index contributed by atoms with van der Waals surface area (Å²) in [4.78, 5) is 14.5. The summed E-state index contributed by atoms with van der Waals surface area (Å²) in [5.74, 6) is 1.45. The van der Waals surface area contributed by atoms with E-state index in [1.807, 2.05) is 6.07 Å². The fourth-order valence-corrected chi connectivity index (χ4v) is 5.35. The Morgan fingerprint density at radius 1 is 1.27 bits per heavy atom. The summed E-state index contributed by atoms with van der Waals surface area (Å²) in [6.45, 7) is 1.53. The minimum atomic E-state index is -3.88. The fourth-order valence-electron chi connectivity index (χ4n) is 2.85. The van der Waals surface area contributed by atoms with Gasteiger partial charge in [0.15, 0.2) is 0 Å². The summed E-state index contributed by atoms with van der Waals surface area (Å²) >= 11 is 7.42. The number of anilines is 1. The molecule has 1 saturated heterocycles. The Morgan fingerprint density at radius 2 is 2.03 bits per heavy atom. The molecule has 0 bridgehead atoms. The molecule has 3 rings (SSSR count). The number of nitrogens with zero attached hydrogens (tertiary/aromatic N) is 3. The molecular weight excluding hydrogens is 452 g/mol. The van der Waals surface area contributed by atoms with Crippen LogP contribution in [0.4, 0.5) is 11.4 Å². The van der Waals surface area contributed by atoms with Crippen LogP contribution in [-0.4, -0.2) is 61.2 Å². The summed E-state index contributed by atoms with van der Waals surface area (Å²) in [5, 5.41) is 14.7. The van der Waals surface area contributed by atoms with E-state index in [0.29, 0.717) is 36.4 Å². The molecule has 0 radical (unpaired) electrons. The third-order valence-electron chi connectivity index (χ3n) is 4.38. The SMILES string of the molecule is O=[N+]([O-])c1ccc(NCCSCc2ccc(Cl)nc2)c(S(=O)(=O)N2CCOCC2)c1. The van der Waals surface area contributed by atoms with Gasteiger partial charge in [-0.2, -0.15) is 16.1 Å². The van der Waals surface area contributed by atoms with E-state index < -0.39 is 14.9 Å². The standard InChI is InChI=1S/C18H21ClN4O5S2/c19-18-4-1-14(12-21-18)13-29-10-5-20-16-3-2-15(23(24)25)11-17(16)30(26,27)22-6-8-28-9-7-22/h1-4,11-12,20H,5-10,13H2. The highest BCUT2D eigenvalue weighted by molar-refractivity contribution is 7.98. The van der Waals surface area contributed by atoms with Crippen LogP contribution in [-0.2, 0) is 20.5 Å². The number of non-ortho nitro benzene ring substituents is 1. The van der Waals surface area contributed by atoms with Gasteiger partial charge in [-0.3, -0.25) is 10.1 Å². The number of nitro benzene ring substituents is 1. The number of halogens is 1. The summed E-state index contributed by atoms with van der Waals surface area (Å²) in [6, 6.07) is 7.49. The number of ether oxygens (including phenoxy) is 1. The Hall–Kier alpha value is -1.92. The van der Waals surface area contributed by atoms with Crippen LogP contribution in [0.5, 0.6) is 0 Å². The van der Waals surface area contributed by atoms with Gasteiger partial charge in [0.05, 0.1) is 23.8 Å². The Kier molecular flexibility index (Phi) is 7.89. The molecule has 30 heavy (non-hydrogen) atoms. The summed E-state index contributed by atoms with van der Waals surface area (Å²) < 4.78 is 32.6. The second-order valence-corrected chi connectivity index (χ2v) is 9.82. The predicted molar refractivity (Wildman–Crippen MR) is 117 cm³/mol. The minimum Gasteiger partial charge on any atom is -0.383 e. The number of nitrogens with one attached hydrogen (secondary N) is 1. The van der Waals surface area contributed by atoms with Crippen LogP contribution in [0.15, 0.2) is 41.4 Å². The molecule has 1 aliphatic rings. The monoisotopic (exact) mass is 472 g/mol. The van der Waals surface area contributed by atoms with Crippen molar-refractivity contribution in [2.75, 3.05) is 43.9 Å². The lowest BCUT2D eigenvalue weighted by Crippen LogP contribution is -2.40. The minimum absolute atomic E-state index is 0.0921. The van der Waals surface area contributed by atoms with Gasteiger partial charge in [-0.25, -0.2) is 13.4 Å². The summed E-state index contributed by atoms with van der Waals surface area (Å²) in [7, 11) is -3.88. The maximum Gasteiger partial charge on any atom is 0.270 e. The number of pyridine rings is 1. The highest BCUT2D eigenvalue weighted by atomic mass is 35.5. The maximum atomic E-state index is 13.1. The van der Waals surface area contributed by atoms with Crippen molar-refractivity contribution in [3.63, 3.8) is 0 Å². The van der Waals surface area contributed by atoms with Crippen LogP contribution in [0.25, 0.3) is 0 Å². The number of aromatic nitrogens is 1. The first-order chi connectivity index (χ1) is 14.4. The number of nitro groups is 1. The summed E-state index contributed by atoms with van der Waals surface area (Å²) in [5.41, 5.74) is 1.12. The Bertz CT molecular complexity index is 983. The van der Waals surface area contributed by atoms with Crippen LogP contribution >= 0.6 is 23.4 Å². The van der Waals surface area contributed by atoms with E-state index in [1.165, 1.54) is 16.4 Å². The predicted octanol–water partition coefficient (Wildman–Crippen LogP) is 3.01. The molecule has 2 aromatic rings. The number of hydrogen-bond acceptors (Lipinski definition) is 8. The Labute approximate surface area is 184 Å². The van der Waals surface area contributed by atoms with Crippen molar-refractivity contribution in [3.8, 4) is 0 Å². The number of rotatable bonds is 9. The maximum absolute atomic E-state index is 13.1. The van der Waals surface area contributed by atoms with Crippen LogP contribution < -0.4 is 5.32 Å². The van der Waals surface area contributed by atoms with Gasteiger partial charge in [-0.15, -0.1) is 0 Å². The van der Waals surface area contributed by atoms with Gasteiger partial charge in [0.2, 0.25) is 10.0 Å². The molecule has 1 aliphatic heterocycles. The zero-order valence-corrected chi connectivity index (χ0v) is 18.4. The van der Waals surface area contributed by atoms with Gasteiger partial charge in [0, 0.05) is 49.5 Å². The number of benzene rings is 1. The van der Waals surface area contributed by atoms with Crippen LogP contribution in [0.1, 0.15) is 5.56 Å². The number of morpholine rings is 1. The van der Waals surface area contributed by atoms with Crippen molar-refractivity contribution in [1.29, 1.82) is 0 Å². The normalized spacial score (nSPS) is 15.1. The average Bonchev–Trinajstić information content (AvgIpc) is 2.75. The Balaban J connectivity index is 1.67. The molecule has 1 fully saturated rings. The number of thioether (sulfide) groups is 1. The van der Waals surface area contributed by atoms with E-state index in [2.05, 4.69) is 10.3 Å². The van der Waals surface area contributed by atoms with Gasteiger partial charge in [-0.1, -0.05) is 17.7 Å². The molecule has 1 aromatic heterocycles. The van der Waals surface area contributed by atoms with Gasteiger partial charge >= 0.3 is 0 Å². The van der Waals surface area contributed by atoms with Crippen molar-refractivity contribution in [2.24, 2.45) is 0 Å². The van der Waals surface area contributed by atoms with Crippen molar-refractivity contribution >= 4 is 44.8 Å². The van der Waals surface area contributed by atoms with Crippen LogP contribution in [0, 0.1) is 10.1 Å². The molecule has 0 spiro atoms. The molecule has 0 unspecified atom stereocenters. The highest BCUT2D eigenvalue weighted by Crippen LogP contribution is 2.29. The van der Waals surface area contributed by atoms with E-state index in [9.17, 15) is 18.5 Å². The molecule has 12 heteroatoms. The first-order valence-electron chi connectivity index (χ1n) is 9.16. The van der Waals surface area contributed by atoms with E-state index in [1.54, 1.807) is 24.0 Å². The van der Waals surface area contributed by atoms with E-state index in [0.717, 1.165) is 17.4 Å². The lowest BCUT2D eigenvalue weighted by Gasteiger charge is -2.27. The topological polar surface area (TPSA) is 115 Å². The van der Waals surface area contributed by atoms with E-state index in [-0.39, 0.29) is 23.7 Å². The molecule has 9 nitrogen and oxygen atoms in total. The quantitative estimate of drug-likeness (QED) is 0.256. The number of hydrogen-bond donors (Lipinski definition) is 1. The smallest absolute Gasteiger partial charge is 0.270 e. The molecule has 1 N–H and O–H groups in total. The van der Waals surface area contributed by atoms with Crippen LogP contribution in [0.3, 0.4) is 0 Å². The van der Waals surface area contributed by atoms with Crippen molar-refractivity contribution in [2.45, 2.75) is 10.6 Å². The lowest BCUT2D eigenvalue weighted by atomic mass is 10.3. The third kappa shape index (κ3) is 5.82. The average molecular weight is 473 g/mol. The zero-order valence-electron chi connectivity index (χ0n) is 16.0. The zero-order chi connectivity index (χ0) is 21.6. The molecule has 0 aliphatic carbocycles. The molecule has 2 heterocycles. The van der Waals surface area contributed by atoms with Crippen molar-refractivity contribution < 1.29 is 18.1 Å². The van der Waals surface area contributed by atoms with E-state index in [4.69, 9.17) is 16.3 Å². The molecule has 0 amide bonds. The summed E-state index contributed by atoms with van der Waals surface area (Å²) in [6.07, 6.45) is 1.71. The molecule has 0 atom stereocenters. The van der Waals surface area contributed by atoms with Crippen molar-refractivity contribution in [3.05, 3.63) is 57.4 Å². The van der Waals surface area contributed by atoms with Gasteiger partial charge in [0.25, 0.3) is 5.69 Å². The van der Waals surface area contributed by atoms with Gasteiger partial charge < -0.3 is 10.1 Å². The first-order valence-corrected chi connectivity index (χ1v) is 12.1. The largest absolute Gasteiger partial charge is 0.383 e. The van der Waals surface area contributed by atoms with E-state index >= 15 is 0 Å². The van der Waals surface area contributed by atoms with Crippen molar-refractivity contribution in [1.82, 2.24) is 9.29 Å². The third-order valence-corrected chi connectivity index (χ3v) is 7.58. The fraction of sp³-hybridized carbons (Fsp3) is 0.389. The van der Waals surface area contributed by atoms with Gasteiger partial charge in [0.1, 0.15) is 10.0 Å². The lowest BCUT2D eigenvalue weighted by molar-refractivity contribution is -0.385. The number of sulfonamides is 1. The molecule has 0 saturated carbocycles.